The van der Waals surface area contributed by atoms with Crippen LogP contribution >= 0.6 is 24.8 Å². The predicted octanol–water partition coefficient (Wildman–Crippen LogP) is 1.95. The van der Waals surface area contributed by atoms with Gasteiger partial charge >= 0.3 is 0 Å². The second-order valence-electron chi connectivity index (χ2n) is 5.41. The molecule has 2 N–H and O–H groups in total. The van der Waals surface area contributed by atoms with Crippen molar-refractivity contribution in [1.29, 1.82) is 0 Å². The molecular formula is C17H23Cl2N3O3. The Hall–Kier alpha value is -1.60. The summed E-state index contributed by atoms with van der Waals surface area (Å²) < 4.78 is 11.1. The molecule has 0 aliphatic carbocycles. The molecule has 1 saturated heterocycles. The third kappa shape index (κ3) is 6.01. The highest BCUT2D eigenvalue weighted by atomic mass is 35.5. The highest BCUT2D eigenvalue weighted by molar-refractivity contribution is 5.86. The summed E-state index contributed by atoms with van der Waals surface area (Å²) in [6.45, 7) is 2.93. The molecule has 1 amide bonds. The van der Waals surface area contributed by atoms with Crippen LogP contribution in [0.5, 0.6) is 5.75 Å². The van der Waals surface area contributed by atoms with Gasteiger partial charge in [-0.25, -0.2) is 0 Å². The number of carbonyl (C=O) groups is 1. The largest absolute Gasteiger partial charge is 0.491 e. The van der Waals surface area contributed by atoms with Crippen molar-refractivity contribution in [2.24, 2.45) is 0 Å². The van der Waals surface area contributed by atoms with E-state index in [0.29, 0.717) is 26.4 Å². The second-order valence-corrected chi connectivity index (χ2v) is 5.41. The summed E-state index contributed by atoms with van der Waals surface area (Å²) in [4.78, 5) is 16.3. The molecule has 2 heterocycles. The van der Waals surface area contributed by atoms with Gasteiger partial charge < -0.3 is 20.1 Å². The number of aromatic nitrogens is 1. The van der Waals surface area contributed by atoms with E-state index >= 15 is 0 Å². The Morgan fingerprint density at radius 2 is 2.16 bits per heavy atom. The molecule has 138 valence electrons. The van der Waals surface area contributed by atoms with Crippen LogP contribution in [-0.4, -0.2) is 49.8 Å². The summed E-state index contributed by atoms with van der Waals surface area (Å²) >= 11 is 0. The molecule has 1 aromatic heterocycles. The van der Waals surface area contributed by atoms with Gasteiger partial charge in [0.05, 0.1) is 19.8 Å². The number of halogens is 2. The summed E-state index contributed by atoms with van der Waals surface area (Å²) in [5.74, 6) is 0.758. The molecule has 25 heavy (non-hydrogen) atoms. The van der Waals surface area contributed by atoms with Gasteiger partial charge in [0.1, 0.15) is 17.3 Å². The van der Waals surface area contributed by atoms with E-state index < -0.39 is 0 Å². The zero-order valence-electron chi connectivity index (χ0n) is 13.8. The van der Waals surface area contributed by atoms with Gasteiger partial charge in [0.2, 0.25) is 5.91 Å². The summed E-state index contributed by atoms with van der Waals surface area (Å²) in [5, 5.41) is 7.09. The molecule has 8 heteroatoms. The fraction of sp³-hybridized carbons (Fsp3) is 0.412. The number of fused-ring (bicyclic) bond motifs is 1. The van der Waals surface area contributed by atoms with E-state index in [4.69, 9.17) is 9.47 Å². The fourth-order valence-electron chi connectivity index (χ4n) is 2.52. The highest BCUT2D eigenvalue weighted by Crippen LogP contribution is 2.22. The lowest BCUT2D eigenvalue weighted by Crippen LogP contribution is -2.51. The van der Waals surface area contributed by atoms with Gasteiger partial charge in [-0.05, 0) is 18.6 Å². The number of amides is 1. The van der Waals surface area contributed by atoms with Crippen LogP contribution in [0.1, 0.15) is 6.42 Å². The highest BCUT2D eigenvalue weighted by Gasteiger charge is 2.20. The molecular weight excluding hydrogens is 365 g/mol. The van der Waals surface area contributed by atoms with Crippen LogP contribution < -0.4 is 15.4 Å². The van der Waals surface area contributed by atoms with Crippen LogP contribution in [0.4, 0.5) is 0 Å². The number of hydrogen-bond donors (Lipinski definition) is 2. The molecule has 0 spiro atoms. The van der Waals surface area contributed by atoms with Crippen molar-refractivity contribution in [1.82, 2.24) is 15.6 Å². The SMILES string of the molecule is Cl.Cl.O=C(NCCCOc1cccc2cccnc12)C1COCCN1. The second kappa shape index (κ2) is 11.1. The fourth-order valence-corrected chi connectivity index (χ4v) is 2.52. The average molecular weight is 388 g/mol. The van der Waals surface area contributed by atoms with Crippen LogP contribution in [0.2, 0.25) is 0 Å². The number of nitrogens with zero attached hydrogens (tertiary/aromatic N) is 1. The van der Waals surface area contributed by atoms with Crippen molar-refractivity contribution < 1.29 is 14.3 Å². The quantitative estimate of drug-likeness (QED) is 0.741. The first-order chi connectivity index (χ1) is 11.3. The standard InChI is InChI=1S/C17H21N3O3.2ClH/c21-17(14-12-22-11-9-18-14)20-8-3-10-23-15-6-1-4-13-5-2-7-19-16(13)15;;/h1-2,4-7,14,18H,3,8-12H2,(H,20,21);2*1H. The van der Waals surface area contributed by atoms with Crippen molar-refractivity contribution in [3.63, 3.8) is 0 Å². The number of benzene rings is 1. The number of pyridine rings is 1. The van der Waals surface area contributed by atoms with E-state index in [-0.39, 0.29) is 36.8 Å². The number of morpholine rings is 1. The van der Waals surface area contributed by atoms with E-state index in [0.717, 1.165) is 29.6 Å². The lowest BCUT2D eigenvalue weighted by atomic mass is 10.2. The zero-order valence-corrected chi connectivity index (χ0v) is 15.4. The van der Waals surface area contributed by atoms with E-state index in [1.165, 1.54) is 0 Å². The molecule has 6 nitrogen and oxygen atoms in total. The van der Waals surface area contributed by atoms with E-state index in [1.54, 1.807) is 6.20 Å². The van der Waals surface area contributed by atoms with Gasteiger partial charge in [-0.15, -0.1) is 24.8 Å². The Morgan fingerprint density at radius 1 is 1.32 bits per heavy atom. The van der Waals surface area contributed by atoms with E-state index in [1.807, 2.05) is 30.3 Å². The van der Waals surface area contributed by atoms with Crippen LogP contribution in [0.15, 0.2) is 36.5 Å². The van der Waals surface area contributed by atoms with Gasteiger partial charge in [-0.1, -0.05) is 18.2 Å². The van der Waals surface area contributed by atoms with Crippen molar-refractivity contribution >= 4 is 41.6 Å². The molecule has 0 bridgehead atoms. The van der Waals surface area contributed by atoms with E-state index in [9.17, 15) is 4.79 Å². The maximum Gasteiger partial charge on any atom is 0.239 e. The lowest BCUT2D eigenvalue weighted by molar-refractivity contribution is -0.125. The molecule has 1 unspecified atom stereocenters. The summed E-state index contributed by atoms with van der Waals surface area (Å²) in [5.41, 5.74) is 0.864. The van der Waals surface area contributed by atoms with Crippen LogP contribution in [0, 0.1) is 0 Å². The molecule has 1 atom stereocenters. The van der Waals surface area contributed by atoms with Crippen LogP contribution in [0.3, 0.4) is 0 Å². The Balaban J connectivity index is 0.00000156. The Morgan fingerprint density at radius 3 is 2.96 bits per heavy atom. The number of para-hydroxylation sites is 1. The Labute approximate surface area is 159 Å². The minimum atomic E-state index is -0.244. The maximum absolute atomic E-state index is 11.9. The topological polar surface area (TPSA) is 72.5 Å². The normalized spacial score (nSPS) is 16.4. The minimum absolute atomic E-state index is 0. The molecule has 1 aliphatic heterocycles. The summed E-state index contributed by atoms with van der Waals surface area (Å²) in [6.07, 6.45) is 2.50. The average Bonchev–Trinajstić information content (AvgIpc) is 2.62. The number of rotatable bonds is 6. The molecule has 0 radical (unpaired) electrons. The maximum atomic E-state index is 11.9. The van der Waals surface area contributed by atoms with E-state index in [2.05, 4.69) is 15.6 Å². The summed E-state index contributed by atoms with van der Waals surface area (Å²) in [6, 6.07) is 9.55. The number of ether oxygens (including phenoxy) is 2. The zero-order chi connectivity index (χ0) is 15.9. The molecule has 0 saturated carbocycles. The minimum Gasteiger partial charge on any atom is -0.491 e. The molecule has 1 aromatic carbocycles. The van der Waals surface area contributed by atoms with Crippen molar-refractivity contribution in [3.8, 4) is 5.75 Å². The van der Waals surface area contributed by atoms with Gasteiger partial charge in [-0.3, -0.25) is 9.78 Å². The Kier molecular flexibility index (Phi) is 9.52. The first kappa shape index (κ1) is 21.4. The third-order valence-corrected chi connectivity index (χ3v) is 3.71. The van der Waals surface area contributed by atoms with Gasteiger partial charge in [-0.2, -0.15) is 0 Å². The molecule has 1 fully saturated rings. The van der Waals surface area contributed by atoms with Crippen LogP contribution in [0.25, 0.3) is 10.9 Å². The van der Waals surface area contributed by atoms with Crippen molar-refractivity contribution in [2.45, 2.75) is 12.5 Å². The van der Waals surface area contributed by atoms with Gasteiger partial charge in [0.25, 0.3) is 0 Å². The molecule has 2 aromatic rings. The first-order valence-electron chi connectivity index (χ1n) is 7.90. The Bertz CT molecular complexity index is 661. The number of hydrogen-bond acceptors (Lipinski definition) is 5. The van der Waals surface area contributed by atoms with Gasteiger partial charge in [0, 0.05) is 24.7 Å². The molecule has 3 rings (SSSR count). The smallest absolute Gasteiger partial charge is 0.239 e. The number of nitrogens with one attached hydrogen (secondary N) is 2. The molecule has 1 aliphatic rings. The van der Waals surface area contributed by atoms with Crippen LogP contribution in [-0.2, 0) is 9.53 Å². The predicted molar refractivity (Wildman–Crippen MR) is 102 cm³/mol. The first-order valence-corrected chi connectivity index (χ1v) is 7.90. The van der Waals surface area contributed by atoms with Gasteiger partial charge in [0.15, 0.2) is 0 Å². The number of carbonyl (C=O) groups excluding carboxylic acids is 1. The van der Waals surface area contributed by atoms with Crippen molar-refractivity contribution in [2.75, 3.05) is 32.9 Å². The van der Waals surface area contributed by atoms with Crippen molar-refractivity contribution in [3.05, 3.63) is 36.5 Å². The monoisotopic (exact) mass is 387 g/mol. The third-order valence-electron chi connectivity index (χ3n) is 3.71. The lowest BCUT2D eigenvalue weighted by Gasteiger charge is -2.22. The summed E-state index contributed by atoms with van der Waals surface area (Å²) in [7, 11) is 0.